The Balaban J connectivity index is 1.76. The molecule has 1 aliphatic heterocycles. The molecule has 14 heavy (non-hydrogen) atoms. The van der Waals surface area contributed by atoms with Crippen molar-refractivity contribution in [2.45, 2.75) is 44.1 Å². The van der Waals surface area contributed by atoms with Crippen molar-refractivity contribution in [3.8, 4) is 0 Å². The molecule has 1 saturated heterocycles. The van der Waals surface area contributed by atoms with Gasteiger partial charge in [0.05, 0.1) is 6.54 Å². The number of fused-ring (bicyclic) bond motifs is 1. The minimum Gasteiger partial charge on any atom is -0.441 e. The van der Waals surface area contributed by atoms with Crippen molar-refractivity contribution in [2.24, 2.45) is 11.8 Å². The molecule has 3 nitrogen and oxygen atoms in total. The molecule has 1 heterocycles. The van der Waals surface area contributed by atoms with Gasteiger partial charge in [-0.05, 0) is 24.7 Å². The number of carbonyl (C=O) groups is 1. The van der Waals surface area contributed by atoms with Crippen molar-refractivity contribution < 1.29 is 9.53 Å². The normalized spacial score (nSPS) is 46.1. The molecular formula is C11H17NO2. The van der Waals surface area contributed by atoms with Gasteiger partial charge < -0.3 is 10.1 Å². The molecule has 3 heteroatoms. The van der Waals surface area contributed by atoms with Gasteiger partial charge in [0.15, 0.2) is 0 Å². The van der Waals surface area contributed by atoms with Crippen LogP contribution in [0, 0.1) is 11.8 Å². The Morgan fingerprint density at radius 2 is 1.86 bits per heavy atom. The average Bonchev–Trinajstić information content (AvgIpc) is 2.69. The molecule has 0 bridgehead atoms. The second kappa shape index (κ2) is 2.88. The van der Waals surface area contributed by atoms with E-state index in [1.807, 2.05) is 0 Å². The summed E-state index contributed by atoms with van der Waals surface area (Å²) in [6.45, 7) is 0.749. The summed E-state index contributed by atoms with van der Waals surface area (Å²) < 4.78 is 5.45. The highest BCUT2D eigenvalue weighted by molar-refractivity contribution is 5.70. The number of hydrogen-bond donors (Lipinski definition) is 1. The standard InChI is InChI=1S/C11H17NO2/c13-10-12-7-11(14-10)5-8-3-1-2-4-9(8)6-11/h8-9H,1-7H2,(H,12,13)/t8-,9+,11?. The molecule has 0 aromatic carbocycles. The van der Waals surface area contributed by atoms with Gasteiger partial charge in [0.2, 0.25) is 0 Å². The number of rotatable bonds is 0. The van der Waals surface area contributed by atoms with E-state index in [9.17, 15) is 4.79 Å². The molecule has 1 N–H and O–H groups in total. The third-order valence-electron chi connectivity index (χ3n) is 4.20. The van der Waals surface area contributed by atoms with Crippen molar-refractivity contribution in [3.63, 3.8) is 0 Å². The van der Waals surface area contributed by atoms with E-state index in [2.05, 4.69) is 5.32 Å². The van der Waals surface area contributed by atoms with E-state index >= 15 is 0 Å². The first-order valence-electron chi connectivity index (χ1n) is 5.74. The minimum absolute atomic E-state index is 0.114. The van der Waals surface area contributed by atoms with E-state index < -0.39 is 0 Å². The van der Waals surface area contributed by atoms with E-state index in [0.29, 0.717) is 0 Å². The van der Waals surface area contributed by atoms with Crippen molar-refractivity contribution in [2.75, 3.05) is 6.54 Å². The highest BCUT2D eigenvalue weighted by atomic mass is 16.6. The fourth-order valence-electron chi connectivity index (χ4n) is 3.59. The Kier molecular flexibility index (Phi) is 1.76. The SMILES string of the molecule is O=C1NCC2(C[C@H]3CCCC[C@H]3C2)O1. The Labute approximate surface area is 84.2 Å². The zero-order valence-electron chi connectivity index (χ0n) is 8.42. The number of carbonyl (C=O) groups excluding carboxylic acids is 1. The van der Waals surface area contributed by atoms with E-state index in [1.165, 1.54) is 25.7 Å². The van der Waals surface area contributed by atoms with Crippen molar-refractivity contribution in [1.82, 2.24) is 5.32 Å². The largest absolute Gasteiger partial charge is 0.441 e. The number of hydrogen-bond acceptors (Lipinski definition) is 2. The summed E-state index contributed by atoms with van der Waals surface area (Å²) in [6, 6.07) is 0. The molecule has 0 radical (unpaired) electrons. The van der Waals surface area contributed by atoms with Gasteiger partial charge in [-0.1, -0.05) is 25.7 Å². The maximum absolute atomic E-state index is 11.1. The second-order valence-corrected chi connectivity index (χ2v) is 5.14. The van der Waals surface area contributed by atoms with Crippen molar-refractivity contribution >= 4 is 6.09 Å². The number of ether oxygens (including phenoxy) is 1. The van der Waals surface area contributed by atoms with Crippen LogP contribution in [-0.4, -0.2) is 18.2 Å². The summed E-state index contributed by atoms with van der Waals surface area (Å²) in [5.41, 5.74) is -0.114. The first kappa shape index (κ1) is 8.57. The summed E-state index contributed by atoms with van der Waals surface area (Å²) in [7, 11) is 0. The van der Waals surface area contributed by atoms with Crippen LogP contribution in [0.1, 0.15) is 38.5 Å². The molecule has 0 aromatic rings. The van der Waals surface area contributed by atoms with Gasteiger partial charge >= 0.3 is 6.09 Å². The molecule has 78 valence electrons. The number of amides is 1. The van der Waals surface area contributed by atoms with Crippen molar-refractivity contribution in [3.05, 3.63) is 0 Å². The van der Waals surface area contributed by atoms with Gasteiger partial charge in [0.25, 0.3) is 0 Å². The lowest BCUT2D eigenvalue weighted by atomic mass is 9.82. The lowest BCUT2D eigenvalue weighted by Gasteiger charge is -2.23. The van der Waals surface area contributed by atoms with Gasteiger partial charge in [-0.25, -0.2) is 4.79 Å². The Morgan fingerprint density at radius 3 is 2.36 bits per heavy atom. The van der Waals surface area contributed by atoms with Gasteiger partial charge in [0, 0.05) is 0 Å². The summed E-state index contributed by atoms with van der Waals surface area (Å²) >= 11 is 0. The highest BCUT2D eigenvalue weighted by Gasteiger charge is 2.51. The summed E-state index contributed by atoms with van der Waals surface area (Å²) in [4.78, 5) is 11.1. The fraction of sp³-hybridized carbons (Fsp3) is 0.909. The predicted octanol–water partition coefficient (Wildman–Crippen LogP) is 2.07. The fourth-order valence-corrected chi connectivity index (χ4v) is 3.59. The van der Waals surface area contributed by atoms with E-state index in [1.54, 1.807) is 0 Å². The zero-order chi connectivity index (χ0) is 9.60. The lowest BCUT2D eigenvalue weighted by molar-refractivity contribution is 0.0576. The predicted molar refractivity (Wildman–Crippen MR) is 51.9 cm³/mol. The molecule has 3 fully saturated rings. The quantitative estimate of drug-likeness (QED) is 0.642. The van der Waals surface area contributed by atoms with Crippen LogP contribution in [0.3, 0.4) is 0 Å². The average molecular weight is 195 g/mol. The monoisotopic (exact) mass is 195 g/mol. The maximum atomic E-state index is 11.1. The third kappa shape index (κ3) is 1.22. The first-order chi connectivity index (χ1) is 6.77. The molecule has 2 aliphatic carbocycles. The summed E-state index contributed by atoms with van der Waals surface area (Å²) in [6.07, 6.45) is 7.46. The van der Waals surface area contributed by atoms with E-state index in [-0.39, 0.29) is 11.7 Å². The smallest absolute Gasteiger partial charge is 0.407 e. The molecule has 3 aliphatic rings. The number of nitrogens with one attached hydrogen (secondary N) is 1. The zero-order valence-corrected chi connectivity index (χ0v) is 8.42. The lowest BCUT2D eigenvalue weighted by Crippen LogP contribution is -2.30. The Bertz CT molecular complexity index is 250. The summed E-state index contributed by atoms with van der Waals surface area (Å²) in [5, 5.41) is 2.80. The molecule has 1 amide bonds. The van der Waals surface area contributed by atoms with Crippen LogP contribution in [-0.2, 0) is 4.74 Å². The highest BCUT2D eigenvalue weighted by Crippen LogP contribution is 2.49. The van der Waals surface area contributed by atoms with Crippen LogP contribution in [0.2, 0.25) is 0 Å². The molecule has 1 spiro atoms. The van der Waals surface area contributed by atoms with Crippen LogP contribution in [0.4, 0.5) is 4.79 Å². The molecule has 2 saturated carbocycles. The van der Waals surface area contributed by atoms with Crippen LogP contribution < -0.4 is 5.32 Å². The van der Waals surface area contributed by atoms with Gasteiger partial charge in [0.1, 0.15) is 5.60 Å². The number of alkyl carbamates (subject to hydrolysis) is 1. The maximum Gasteiger partial charge on any atom is 0.407 e. The van der Waals surface area contributed by atoms with Crippen LogP contribution >= 0.6 is 0 Å². The van der Waals surface area contributed by atoms with Gasteiger partial charge in [-0.2, -0.15) is 0 Å². The minimum atomic E-state index is -0.205. The van der Waals surface area contributed by atoms with E-state index in [0.717, 1.165) is 31.2 Å². The van der Waals surface area contributed by atoms with Crippen LogP contribution in [0.15, 0.2) is 0 Å². The topological polar surface area (TPSA) is 38.3 Å². The van der Waals surface area contributed by atoms with Gasteiger partial charge in [-0.15, -0.1) is 0 Å². The second-order valence-electron chi connectivity index (χ2n) is 5.14. The first-order valence-corrected chi connectivity index (χ1v) is 5.74. The summed E-state index contributed by atoms with van der Waals surface area (Å²) in [5.74, 6) is 1.66. The molecular weight excluding hydrogens is 178 g/mol. The Hall–Kier alpha value is -0.730. The van der Waals surface area contributed by atoms with Gasteiger partial charge in [-0.3, -0.25) is 0 Å². The van der Waals surface area contributed by atoms with Crippen molar-refractivity contribution in [1.29, 1.82) is 0 Å². The van der Waals surface area contributed by atoms with Crippen LogP contribution in [0.25, 0.3) is 0 Å². The molecule has 3 rings (SSSR count). The third-order valence-corrected chi connectivity index (χ3v) is 4.20. The molecule has 1 unspecified atom stereocenters. The van der Waals surface area contributed by atoms with Crippen LogP contribution in [0.5, 0.6) is 0 Å². The molecule has 0 aromatic heterocycles. The molecule has 3 atom stereocenters. The van der Waals surface area contributed by atoms with E-state index in [4.69, 9.17) is 4.74 Å². The Morgan fingerprint density at radius 1 is 1.21 bits per heavy atom.